The molecule has 19 heavy (non-hydrogen) atoms. The molecule has 0 spiro atoms. The lowest BCUT2D eigenvalue weighted by Crippen LogP contribution is -2.29. The van der Waals surface area contributed by atoms with Crippen LogP contribution in [-0.4, -0.2) is 0 Å². The van der Waals surface area contributed by atoms with Crippen LogP contribution >= 0.6 is 27.5 Å². The van der Waals surface area contributed by atoms with Crippen LogP contribution in [-0.2, 0) is 0 Å². The minimum absolute atomic E-state index is 0.112. The van der Waals surface area contributed by atoms with Crippen LogP contribution in [0.1, 0.15) is 28.3 Å². The van der Waals surface area contributed by atoms with Gasteiger partial charge in [0.1, 0.15) is 0 Å². The van der Waals surface area contributed by atoms with E-state index in [2.05, 4.69) is 53.4 Å². The van der Waals surface area contributed by atoms with Gasteiger partial charge in [0.05, 0.1) is 6.04 Å². The first kappa shape index (κ1) is 14.5. The molecule has 1 atom stereocenters. The van der Waals surface area contributed by atoms with E-state index in [0.29, 0.717) is 5.02 Å². The number of rotatable bonds is 3. The fourth-order valence-corrected chi connectivity index (χ4v) is 3.06. The largest absolute Gasteiger partial charge is 0.271 e. The van der Waals surface area contributed by atoms with Gasteiger partial charge in [-0.15, -0.1) is 0 Å². The van der Waals surface area contributed by atoms with Gasteiger partial charge in [-0.2, -0.15) is 0 Å². The summed E-state index contributed by atoms with van der Waals surface area (Å²) in [4.78, 5) is 0. The number of aryl methyl sites for hydroxylation is 2. The van der Waals surface area contributed by atoms with E-state index in [0.717, 1.165) is 15.6 Å². The van der Waals surface area contributed by atoms with Crippen LogP contribution < -0.4 is 11.3 Å². The van der Waals surface area contributed by atoms with Gasteiger partial charge in [0.15, 0.2) is 0 Å². The molecule has 0 bridgehead atoms. The van der Waals surface area contributed by atoms with Crippen LogP contribution in [0.5, 0.6) is 0 Å². The zero-order valence-corrected chi connectivity index (χ0v) is 13.2. The lowest BCUT2D eigenvalue weighted by atomic mass is 9.96. The van der Waals surface area contributed by atoms with Crippen molar-refractivity contribution in [3.05, 3.63) is 68.1 Å². The maximum absolute atomic E-state index is 6.31. The zero-order chi connectivity index (χ0) is 14.0. The van der Waals surface area contributed by atoms with Crippen molar-refractivity contribution in [3.8, 4) is 0 Å². The number of nitrogens with one attached hydrogen (secondary N) is 1. The quantitative estimate of drug-likeness (QED) is 0.647. The molecule has 0 amide bonds. The van der Waals surface area contributed by atoms with Gasteiger partial charge < -0.3 is 0 Å². The number of nitrogens with two attached hydrogens (primary N) is 1. The molecule has 0 aliphatic carbocycles. The number of hydrazine groups is 1. The Balaban J connectivity index is 2.49. The summed E-state index contributed by atoms with van der Waals surface area (Å²) < 4.78 is 0.956. The van der Waals surface area contributed by atoms with Crippen LogP contribution in [0.25, 0.3) is 0 Å². The molecule has 2 rings (SSSR count). The van der Waals surface area contributed by atoms with E-state index in [9.17, 15) is 0 Å². The van der Waals surface area contributed by atoms with Crippen LogP contribution in [0.2, 0.25) is 5.02 Å². The first-order valence-corrected chi connectivity index (χ1v) is 7.17. The highest BCUT2D eigenvalue weighted by Crippen LogP contribution is 2.30. The average molecular weight is 340 g/mol. The van der Waals surface area contributed by atoms with E-state index in [1.807, 2.05) is 18.2 Å². The molecule has 0 heterocycles. The lowest BCUT2D eigenvalue weighted by molar-refractivity contribution is 0.636. The first-order chi connectivity index (χ1) is 9.01. The standard InChI is InChI=1S/C15H16BrClN2/c1-9-5-10(2)7-11(6-9)15(19-18)13-4-3-12(16)8-14(13)17/h3-8,15,19H,18H2,1-2H3. The summed E-state index contributed by atoms with van der Waals surface area (Å²) in [6, 6.07) is 12.1. The van der Waals surface area contributed by atoms with Crippen molar-refractivity contribution in [2.75, 3.05) is 0 Å². The Bertz CT molecular complexity index is 578. The molecule has 1 unspecified atom stereocenters. The fourth-order valence-electron chi connectivity index (χ4n) is 2.28. The zero-order valence-electron chi connectivity index (χ0n) is 10.9. The molecule has 0 saturated carbocycles. The van der Waals surface area contributed by atoms with Gasteiger partial charge in [-0.3, -0.25) is 5.84 Å². The van der Waals surface area contributed by atoms with Crippen molar-refractivity contribution in [2.24, 2.45) is 5.84 Å². The van der Waals surface area contributed by atoms with Crippen LogP contribution in [0.3, 0.4) is 0 Å². The Hall–Kier alpha value is -0.870. The molecular weight excluding hydrogens is 324 g/mol. The molecule has 0 saturated heterocycles. The highest BCUT2D eigenvalue weighted by atomic mass is 79.9. The van der Waals surface area contributed by atoms with Crippen LogP contribution in [0.15, 0.2) is 40.9 Å². The van der Waals surface area contributed by atoms with Gasteiger partial charge in [0.25, 0.3) is 0 Å². The van der Waals surface area contributed by atoms with Crippen LogP contribution in [0, 0.1) is 13.8 Å². The van der Waals surface area contributed by atoms with Crippen molar-refractivity contribution in [2.45, 2.75) is 19.9 Å². The molecule has 2 aromatic rings. The molecule has 0 fully saturated rings. The predicted octanol–water partition coefficient (Wildman–Crippen LogP) is 4.27. The van der Waals surface area contributed by atoms with Gasteiger partial charge in [-0.25, -0.2) is 5.43 Å². The topological polar surface area (TPSA) is 38.0 Å². The van der Waals surface area contributed by atoms with Crippen molar-refractivity contribution < 1.29 is 0 Å². The molecule has 2 nitrogen and oxygen atoms in total. The molecule has 3 N–H and O–H groups in total. The molecular formula is C15H16BrClN2. The van der Waals surface area contributed by atoms with Crippen molar-refractivity contribution in [1.29, 1.82) is 0 Å². The van der Waals surface area contributed by atoms with Gasteiger partial charge in [-0.1, -0.05) is 62.9 Å². The van der Waals surface area contributed by atoms with E-state index in [-0.39, 0.29) is 6.04 Å². The normalized spacial score (nSPS) is 12.5. The smallest absolute Gasteiger partial charge is 0.0724 e. The Morgan fingerprint density at radius 1 is 1.11 bits per heavy atom. The molecule has 0 aromatic heterocycles. The lowest BCUT2D eigenvalue weighted by Gasteiger charge is -2.19. The third kappa shape index (κ3) is 3.37. The van der Waals surface area contributed by atoms with E-state index in [4.69, 9.17) is 17.4 Å². The van der Waals surface area contributed by atoms with Gasteiger partial charge >= 0.3 is 0 Å². The Morgan fingerprint density at radius 3 is 2.26 bits per heavy atom. The average Bonchev–Trinajstić information content (AvgIpc) is 2.31. The maximum atomic E-state index is 6.31. The van der Waals surface area contributed by atoms with Crippen LogP contribution in [0.4, 0.5) is 0 Å². The second-order valence-corrected chi connectivity index (χ2v) is 6.01. The molecule has 0 aliphatic rings. The number of hydrogen-bond donors (Lipinski definition) is 2. The summed E-state index contributed by atoms with van der Waals surface area (Å²) >= 11 is 9.72. The fraction of sp³-hybridized carbons (Fsp3) is 0.200. The highest BCUT2D eigenvalue weighted by Gasteiger charge is 2.16. The Kier molecular flexibility index (Phi) is 4.63. The van der Waals surface area contributed by atoms with E-state index < -0.39 is 0 Å². The summed E-state index contributed by atoms with van der Waals surface area (Å²) in [6.07, 6.45) is 0. The number of halogens is 2. The SMILES string of the molecule is Cc1cc(C)cc(C(NN)c2ccc(Br)cc2Cl)c1. The van der Waals surface area contributed by atoms with Crippen molar-refractivity contribution >= 4 is 27.5 Å². The van der Waals surface area contributed by atoms with Crippen molar-refractivity contribution in [3.63, 3.8) is 0 Å². The summed E-state index contributed by atoms with van der Waals surface area (Å²) in [5.41, 5.74) is 7.36. The summed E-state index contributed by atoms with van der Waals surface area (Å²) in [5, 5.41) is 0.691. The predicted molar refractivity (Wildman–Crippen MR) is 84.2 cm³/mol. The molecule has 0 aliphatic heterocycles. The molecule has 2 aromatic carbocycles. The van der Waals surface area contributed by atoms with E-state index in [1.54, 1.807) is 0 Å². The molecule has 4 heteroatoms. The minimum Gasteiger partial charge on any atom is -0.271 e. The number of benzene rings is 2. The van der Waals surface area contributed by atoms with Gasteiger partial charge in [0, 0.05) is 9.50 Å². The summed E-state index contributed by atoms with van der Waals surface area (Å²) in [7, 11) is 0. The number of hydrogen-bond acceptors (Lipinski definition) is 2. The third-order valence-corrected chi connectivity index (χ3v) is 3.84. The summed E-state index contributed by atoms with van der Waals surface area (Å²) in [6.45, 7) is 4.15. The van der Waals surface area contributed by atoms with Crippen molar-refractivity contribution in [1.82, 2.24) is 5.43 Å². The van der Waals surface area contributed by atoms with E-state index in [1.165, 1.54) is 11.1 Å². The monoisotopic (exact) mass is 338 g/mol. The summed E-state index contributed by atoms with van der Waals surface area (Å²) in [5.74, 6) is 5.72. The Labute approximate surface area is 127 Å². The van der Waals surface area contributed by atoms with E-state index >= 15 is 0 Å². The second kappa shape index (κ2) is 6.06. The maximum Gasteiger partial charge on any atom is 0.0724 e. The molecule has 100 valence electrons. The van der Waals surface area contributed by atoms with Gasteiger partial charge in [-0.05, 0) is 37.1 Å². The Morgan fingerprint density at radius 2 is 1.74 bits per heavy atom. The third-order valence-electron chi connectivity index (χ3n) is 3.02. The van der Waals surface area contributed by atoms with Gasteiger partial charge in [0.2, 0.25) is 0 Å². The minimum atomic E-state index is -0.112. The first-order valence-electron chi connectivity index (χ1n) is 6.00. The highest BCUT2D eigenvalue weighted by molar-refractivity contribution is 9.10. The molecule has 0 radical (unpaired) electrons. The second-order valence-electron chi connectivity index (χ2n) is 4.69.